The second kappa shape index (κ2) is 7.32. The molecule has 100 valence electrons. The molecule has 1 unspecified atom stereocenters. The number of rotatable bonds is 6. The van der Waals surface area contributed by atoms with Crippen LogP contribution in [0.5, 0.6) is 0 Å². The van der Waals surface area contributed by atoms with Crippen molar-refractivity contribution in [3.05, 3.63) is 70.7 Å². The Kier molecular flexibility index (Phi) is 5.44. The number of hydrogen-bond donors (Lipinski definition) is 1. The first-order valence-electron chi connectivity index (χ1n) is 6.82. The van der Waals surface area contributed by atoms with E-state index in [4.69, 9.17) is 11.6 Å². The van der Waals surface area contributed by atoms with Crippen LogP contribution in [0.25, 0.3) is 0 Å². The molecule has 0 radical (unpaired) electrons. The maximum absolute atomic E-state index is 5.95. The van der Waals surface area contributed by atoms with Crippen molar-refractivity contribution in [2.24, 2.45) is 0 Å². The predicted octanol–water partition coefficient (Wildman–Crippen LogP) is 4.97. The first-order chi connectivity index (χ1) is 9.29. The normalized spacial score (nSPS) is 12.3. The third-order valence-electron chi connectivity index (χ3n) is 3.25. The number of hydrogen-bond acceptors (Lipinski definition) is 1. The molecule has 0 amide bonds. The molecule has 1 N–H and O–H groups in total. The van der Waals surface area contributed by atoms with Gasteiger partial charge in [0.2, 0.25) is 0 Å². The minimum atomic E-state index is 0.391. The van der Waals surface area contributed by atoms with Crippen molar-refractivity contribution in [2.75, 3.05) is 0 Å². The number of halogens is 1. The average Bonchev–Trinajstić information content (AvgIpc) is 2.46. The van der Waals surface area contributed by atoms with Gasteiger partial charge in [0.25, 0.3) is 0 Å². The zero-order chi connectivity index (χ0) is 13.5. The van der Waals surface area contributed by atoms with Crippen molar-refractivity contribution >= 4 is 11.6 Å². The van der Waals surface area contributed by atoms with Crippen molar-refractivity contribution in [3.63, 3.8) is 0 Å². The topological polar surface area (TPSA) is 12.0 Å². The van der Waals surface area contributed by atoms with E-state index in [-0.39, 0.29) is 0 Å². The lowest BCUT2D eigenvalue weighted by Gasteiger charge is -2.19. The minimum Gasteiger partial charge on any atom is -0.306 e. The van der Waals surface area contributed by atoms with Gasteiger partial charge in [0.1, 0.15) is 0 Å². The van der Waals surface area contributed by atoms with Crippen molar-refractivity contribution in [2.45, 2.75) is 32.4 Å². The Hall–Kier alpha value is -1.31. The zero-order valence-corrected chi connectivity index (χ0v) is 12.0. The SMILES string of the molecule is CCCC(NCc1ccccc1)c1ccc(Cl)cc1. The Morgan fingerprint density at radius 1 is 1.00 bits per heavy atom. The van der Waals surface area contributed by atoms with Crippen LogP contribution in [0.1, 0.15) is 36.9 Å². The van der Waals surface area contributed by atoms with E-state index >= 15 is 0 Å². The molecule has 2 aromatic carbocycles. The van der Waals surface area contributed by atoms with Crippen LogP contribution in [0.15, 0.2) is 54.6 Å². The fourth-order valence-corrected chi connectivity index (χ4v) is 2.33. The quantitative estimate of drug-likeness (QED) is 0.783. The van der Waals surface area contributed by atoms with E-state index in [0.29, 0.717) is 6.04 Å². The van der Waals surface area contributed by atoms with E-state index in [9.17, 15) is 0 Å². The van der Waals surface area contributed by atoms with Crippen LogP contribution in [-0.4, -0.2) is 0 Å². The molecular formula is C17H20ClN. The van der Waals surface area contributed by atoms with Gasteiger partial charge < -0.3 is 5.32 Å². The van der Waals surface area contributed by atoms with Crippen LogP contribution < -0.4 is 5.32 Å². The molecule has 1 nitrogen and oxygen atoms in total. The first kappa shape index (κ1) is 14.1. The van der Waals surface area contributed by atoms with Crippen LogP contribution >= 0.6 is 11.6 Å². The highest BCUT2D eigenvalue weighted by Crippen LogP contribution is 2.21. The Balaban J connectivity index is 2.02. The third kappa shape index (κ3) is 4.38. The van der Waals surface area contributed by atoms with Gasteiger partial charge in [-0.2, -0.15) is 0 Å². The van der Waals surface area contributed by atoms with Gasteiger partial charge in [-0.1, -0.05) is 67.4 Å². The maximum atomic E-state index is 5.95. The molecule has 0 saturated heterocycles. The zero-order valence-electron chi connectivity index (χ0n) is 11.3. The van der Waals surface area contributed by atoms with E-state index < -0.39 is 0 Å². The summed E-state index contributed by atoms with van der Waals surface area (Å²) in [6, 6.07) is 19.0. The highest BCUT2D eigenvalue weighted by atomic mass is 35.5. The van der Waals surface area contributed by atoms with Crippen LogP contribution in [0.4, 0.5) is 0 Å². The lowest BCUT2D eigenvalue weighted by Crippen LogP contribution is -2.20. The predicted molar refractivity (Wildman–Crippen MR) is 82.4 cm³/mol. The van der Waals surface area contributed by atoms with E-state index in [2.05, 4.69) is 48.6 Å². The lowest BCUT2D eigenvalue weighted by atomic mass is 10.0. The second-order valence-corrected chi connectivity index (χ2v) is 5.20. The fraction of sp³-hybridized carbons (Fsp3) is 0.294. The van der Waals surface area contributed by atoms with Crippen molar-refractivity contribution < 1.29 is 0 Å². The molecule has 0 heterocycles. The van der Waals surface area contributed by atoms with E-state index in [1.807, 2.05) is 18.2 Å². The Labute approximate surface area is 120 Å². The summed E-state index contributed by atoms with van der Waals surface area (Å²) in [5.41, 5.74) is 2.62. The van der Waals surface area contributed by atoms with Crippen LogP contribution in [0.2, 0.25) is 5.02 Å². The summed E-state index contributed by atoms with van der Waals surface area (Å²) in [5, 5.41) is 4.42. The summed E-state index contributed by atoms with van der Waals surface area (Å²) < 4.78 is 0. The molecule has 2 aromatic rings. The molecule has 1 atom stereocenters. The Morgan fingerprint density at radius 2 is 1.68 bits per heavy atom. The highest BCUT2D eigenvalue weighted by Gasteiger charge is 2.09. The fourth-order valence-electron chi connectivity index (χ4n) is 2.21. The molecule has 0 aromatic heterocycles. The third-order valence-corrected chi connectivity index (χ3v) is 3.50. The standard InChI is InChI=1S/C17H20ClN/c1-2-6-17(15-9-11-16(18)12-10-15)19-13-14-7-4-3-5-8-14/h3-5,7-12,17,19H,2,6,13H2,1H3. The Morgan fingerprint density at radius 3 is 2.32 bits per heavy atom. The molecule has 0 saturated carbocycles. The van der Waals surface area contributed by atoms with Gasteiger partial charge in [-0.05, 0) is 29.7 Å². The summed E-state index contributed by atoms with van der Waals surface area (Å²) >= 11 is 5.95. The minimum absolute atomic E-state index is 0.391. The lowest BCUT2D eigenvalue weighted by molar-refractivity contribution is 0.493. The van der Waals surface area contributed by atoms with Crippen molar-refractivity contribution in [1.82, 2.24) is 5.32 Å². The molecule has 2 rings (SSSR count). The van der Waals surface area contributed by atoms with Gasteiger partial charge in [0.15, 0.2) is 0 Å². The molecule has 0 aliphatic rings. The molecule has 19 heavy (non-hydrogen) atoms. The Bertz CT molecular complexity index is 478. The second-order valence-electron chi connectivity index (χ2n) is 4.76. The highest BCUT2D eigenvalue weighted by molar-refractivity contribution is 6.30. The van der Waals surface area contributed by atoms with Crippen LogP contribution in [0.3, 0.4) is 0 Å². The molecule has 0 spiro atoms. The number of benzene rings is 2. The summed E-state index contributed by atoms with van der Waals surface area (Å²) in [4.78, 5) is 0. The summed E-state index contributed by atoms with van der Waals surface area (Å²) in [5.74, 6) is 0. The van der Waals surface area contributed by atoms with Gasteiger partial charge >= 0.3 is 0 Å². The van der Waals surface area contributed by atoms with Crippen LogP contribution in [0, 0.1) is 0 Å². The molecular weight excluding hydrogens is 254 g/mol. The van der Waals surface area contributed by atoms with E-state index in [1.54, 1.807) is 0 Å². The molecule has 0 aliphatic heterocycles. The summed E-state index contributed by atoms with van der Waals surface area (Å²) in [7, 11) is 0. The van der Waals surface area contributed by atoms with E-state index in [1.165, 1.54) is 11.1 Å². The first-order valence-corrected chi connectivity index (χ1v) is 7.20. The van der Waals surface area contributed by atoms with Gasteiger partial charge in [0.05, 0.1) is 0 Å². The molecule has 0 aliphatic carbocycles. The van der Waals surface area contributed by atoms with E-state index in [0.717, 1.165) is 24.4 Å². The van der Waals surface area contributed by atoms with Gasteiger partial charge in [0, 0.05) is 17.6 Å². The largest absolute Gasteiger partial charge is 0.306 e. The van der Waals surface area contributed by atoms with Crippen LogP contribution in [-0.2, 0) is 6.54 Å². The summed E-state index contributed by atoms with van der Waals surface area (Å²) in [6.07, 6.45) is 2.30. The van der Waals surface area contributed by atoms with Crippen molar-refractivity contribution in [1.29, 1.82) is 0 Å². The molecule has 0 fully saturated rings. The summed E-state index contributed by atoms with van der Waals surface area (Å²) in [6.45, 7) is 3.11. The van der Waals surface area contributed by atoms with Gasteiger partial charge in [-0.25, -0.2) is 0 Å². The van der Waals surface area contributed by atoms with Gasteiger partial charge in [-0.3, -0.25) is 0 Å². The van der Waals surface area contributed by atoms with Crippen molar-refractivity contribution in [3.8, 4) is 0 Å². The smallest absolute Gasteiger partial charge is 0.0406 e. The molecule has 2 heteroatoms. The monoisotopic (exact) mass is 273 g/mol. The maximum Gasteiger partial charge on any atom is 0.0406 e. The van der Waals surface area contributed by atoms with Gasteiger partial charge in [-0.15, -0.1) is 0 Å². The molecule has 0 bridgehead atoms. The average molecular weight is 274 g/mol. The number of nitrogens with one attached hydrogen (secondary N) is 1.